The van der Waals surface area contributed by atoms with Crippen LogP contribution in [0.2, 0.25) is 0 Å². The van der Waals surface area contributed by atoms with E-state index in [2.05, 4.69) is 0 Å². The van der Waals surface area contributed by atoms with Gasteiger partial charge in [0, 0.05) is 18.1 Å². The molecule has 0 aromatic carbocycles. The molecule has 0 saturated carbocycles. The van der Waals surface area contributed by atoms with Crippen molar-refractivity contribution in [2.24, 2.45) is 0 Å². The lowest BCUT2D eigenvalue weighted by molar-refractivity contribution is -0.136. The van der Waals surface area contributed by atoms with E-state index in [9.17, 15) is 4.79 Å². The summed E-state index contributed by atoms with van der Waals surface area (Å²) in [6.45, 7) is 10.4. The Labute approximate surface area is 99.2 Å². The van der Waals surface area contributed by atoms with Gasteiger partial charge in [0.05, 0.1) is 13.2 Å². The lowest BCUT2D eigenvalue weighted by atomic mass is 10.2. The molecule has 96 valence electrons. The minimum absolute atomic E-state index is 0.0186. The van der Waals surface area contributed by atoms with Crippen molar-refractivity contribution in [3.63, 3.8) is 0 Å². The molecule has 16 heavy (non-hydrogen) atoms. The average Bonchev–Trinajstić information content (AvgIpc) is 2.14. The Balaban J connectivity index is 4.42. The maximum absolute atomic E-state index is 12.1. The Kier molecular flexibility index (Phi) is 6.60. The Hall–Kier alpha value is -0.610. The van der Waals surface area contributed by atoms with Crippen LogP contribution in [0, 0.1) is 0 Å². The number of hydrogen-bond donors (Lipinski definition) is 1. The fourth-order valence-corrected chi connectivity index (χ4v) is 1.76. The quantitative estimate of drug-likeness (QED) is 0.738. The number of carbonyl (C=O) groups excluding carboxylic acids is 1. The van der Waals surface area contributed by atoms with Crippen molar-refractivity contribution in [2.75, 3.05) is 20.2 Å². The van der Waals surface area contributed by atoms with E-state index >= 15 is 0 Å². The number of nitrogens with zero attached hydrogens (tertiary/aromatic N) is 2. The zero-order valence-electron chi connectivity index (χ0n) is 11.4. The summed E-state index contributed by atoms with van der Waals surface area (Å²) in [5.74, 6) is 0.118. The SMILES string of the molecule is CC(CO)N(C)CC(=O)N(C(C)C)C(C)C. The van der Waals surface area contributed by atoms with Crippen molar-refractivity contribution in [2.45, 2.75) is 52.7 Å². The minimum atomic E-state index is 0.0186. The lowest BCUT2D eigenvalue weighted by Crippen LogP contribution is -2.48. The largest absolute Gasteiger partial charge is 0.395 e. The normalized spacial score (nSPS) is 13.6. The smallest absolute Gasteiger partial charge is 0.237 e. The lowest BCUT2D eigenvalue weighted by Gasteiger charge is -2.33. The number of amides is 1. The highest BCUT2D eigenvalue weighted by Crippen LogP contribution is 2.07. The average molecular weight is 230 g/mol. The topological polar surface area (TPSA) is 43.8 Å². The number of carbonyl (C=O) groups is 1. The summed E-state index contributed by atoms with van der Waals surface area (Å²) in [7, 11) is 1.86. The number of rotatable bonds is 6. The third-order valence-corrected chi connectivity index (χ3v) is 2.80. The van der Waals surface area contributed by atoms with Crippen LogP contribution in [0.25, 0.3) is 0 Å². The summed E-state index contributed by atoms with van der Waals surface area (Å²) < 4.78 is 0. The van der Waals surface area contributed by atoms with E-state index in [1.54, 1.807) is 0 Å². The second kappa shape index (κ2) is 6.86. The van der Waals surface area contributed by atoms with Gasteiger partial charge in [-0.05, 0) is 41.7 Å². The maximum Gasteiger partial charge on any atom is 0.237 e. The van der Waals surface area contributed by atoms with Gasteiger partial charge in [0.2, 0.25) is 5.91 Å². The van der Waals surface area contributed by atoms with Crippen molar-refractivity contribution >= 4 is 5.91 Å². The molecule has 1 unspecified atom stereocenters. The van der Waals surface area contributed by atoms with Crippen LogP contribution < -0.4 is 0 Å². The summed E-state index contributed by atoms with van der Waals surface area (Å²) >= 11 is 0. The third kappa shape index (κ3) is 4.49. The fourth-order valence-electron chi connectivity index (χ4n) is 1.76. The van der Waals surface area contributed by atoms with Crippen molar-refractivity contribution in [3.8, 4) is 0 Å². The number of likely N-dealkylation sites (N-methyl/N-ethyl adjacent to an activating group) is 1. The van der Waals surface area contributed by atoms with Crippen LogP contribution in [0.1, 0.15) is 34.6 Å². The van der Waals surface area contributed by atoms with E-state index < -0.39 is 0 Å². The van der Waals surface area contributed by atoms with E-state index in [0.29, 0.717) is 6.54 Å². The van der Waals surface area contributed by atoms with Gasteiger partial charge >= 0.3 is 0 Å². The Morgan fingerprint density at radius 1 is 1.12 bits per heavy atom. The van der Waals surface area contributed by atoms with Gasteiger partial charge in [0.15, 0.2) is 0 Å². The summed E-state index contributed by atoms with van der Waals surface area (Å²) in [6, 6.07) is 0.445. The first kappa shape index (κ1) is 15.4. The zero-order valence-corrected chi connectivity index (χ0v) is 11.4. The summed E-state index contributed by atoms with van der Waals surface area (Å²) in [5.41, 5.74) is 0. The molecule has 0 spiro atoms. The van der Waals surface area contributed by atoms with Crippen LogP contribution >= 0.6 is 0 Å². The van der Waals surface area contributed by atoms with Gasteiger partial charge in [-0.2, -0.15) is 0 Å². The summed E-state index contributed by atoms with van der Waals surface area (Å²) in [5, 5.41) is 9.01. The van der Waals surface area contributed by atoms with Gasteiger partial charge in [-0.15, -0.1) is 0 Å². The second-order valence-corrected chi connectivity index (χ2v) is 4.94. The standard InChI is InChI=1S/C12H26N2O2/c1-9(2)14(10(3)4)12(16)7-13(6)11(5)8-15/h9-11,15H,7-8H2,1-6H3. The highest BCUT2D eigenvalue weighted by Gasteiger charge is 2.22. The van der Waals surface area contributed by atoms with Crippen molar-refractivity contribution < 1.29 is 9.90 Å². The Bertz CT molecular complexity index is 209. The third-order valence-electron chi connectivity index (χ3n) is 2.80. The molecule has 1 amide bonds. The second-order valence-electron chi connectivity index (χ2n) is 4.94. The molecule has 0 aliphatic carbocycles. The molecule has 0 fully saturated rings. The first-order chi connectivity index (χ1) is 7.31. The molecule has 1 atom stereocenters. The molecule has 0 aromatic rings. The van der Waals surface area contributed by atoms with Crippen LogP contribution in [0.3, 0.4) is 0 Å². The number of aliphatic hydroxyl groups excluding tert-OH is 1. The van der Waals surface area contributed by atoms with E-state index in [-0.39, 0.29) is 30.6 Å². The number of aliphatic hydroxyl groups is 1. The molecule has 0 heterocycles. The minimum Gasteiger partial charge on any atom is -0.395 e. The molecular formula is C12H26N2O2. The van der Waals surface area contributed by atoms with Gasteiger partial charge < -0.3 is 10.0 Å². The van der Waals surface area contributed by atoms with Crippen LogP contribution in [-0.2, 0) is 4.79 Å². The van der Waals surface area contributed by atoms with E-state index in [1.165, 1.54) is 0 Å². The summed E-state index contributed by atoms with van der Waals surface area (Å²) in [4.78, 5) is 15.8. The van der Waals surface area contributed by atoms with Gasteiger partial charge in [0.1, 0.15) is 0 Å². The molecule has 0 aliphatic rings. The first-order valence-electron chi connectivity index (χ1n) is 5.93. The van der Waals surface area contributed by atoms with Gasteiger partial charge in [0.25, 0.3) is 0 Å². The monoisotopic (exact) mass is 230 g/mol. The van der Waals surface area contributed by atoms with Crippen molar-refractivity contribution in [1.82, 2.24) is 9.80 Å². The van der Waals surface area contributed by atoms with Gasteiger partial charge in [-0.25, -0.2) is 0 Å². The van der Waals surface area contributed by atoms with Crippen LogP contribution in [0.5, 0.6) is 0 Å². The van der Waals surface area contributed by atoms with Crippen LogP contribution in [-0.4, -0.2) is 59.1 Å². The molecule has 0 saturated heterocycles. The molecule has 0 aromatic heterocycles. The number of hydrogen-bond acceptors (Lipinski definition) is 3. The van der Waals surface area contributed by atoms with E-state index in [1.807, 2.05) is 51.5 Å². The Morgan fingerprint density at radius 2 is 1.56 bits per heavy atom. The molecule has 0 rings (SSSR count). The molecular weight excluding hydrogens is 204 g/mol. The highest BCUT2D eigenvalue weighted by molar-refractivity contribution is 5.78. The molecule has 1 N–H and O–H groups in total. The van der Waals surface area contributed by atoms with E-state index in [4.69, 9.17) is 5.11 Å². The predicted molar refractivity (Wildman–Crippen MR) is 66.3 cm³/mol. The van der Waals surface area contributed by atoms with Gasteiger partial charge in [-0.1, -0.05) is 0 Å². The molecule has 0 aliphatic heterocycles. The van der Waals surface area contributed by atoms with Crippen molar-refractivity contribution in [3.05, 3.63) is 0 Å². The van der Waals surface area contributed by atoms with Crippen molar-refractivity contribution in [1.29, 1.82) is 0 Å². The van der Waals surface area contributed by atoms with Crippen LogP contribution in [0.4, 0.5) is 0 Å². The molecule has 0 bridgehead atoms. The summed E-state index contributed by atoms with van der Waals surface area (Å²) in [6.07, 6.45) is 0. The highest BCUT2D eigenvalue weighted by atomic mass is 16.3. The zero-order chi connectivity index (χ0) is 12.9. The maximum atomic E-state index is 12.1. The van der Waals surface area contributed by atoms with Crippen LogP contribution in [0.15, 0.2) is 0 Å². The fraction of sp³-hybridized carbons (Fsp3) is 0.917. The molecule has 4 nitrogen and oxygen atoms in total. The Morgan fingerprint density at radius 3 is 1.88 bits per heavy atom. The first-order valence-corrected chi connectivity index (χ1v) is 5.93. The van der Waals surface area contributed by atoms with E-state index in [0.717, 1.165) is 0 Å². The molecule has 4 heteroatoms. The molecule has 0 radical (unpaired) electrons. The van der Waals surface area contributed by atoms with Gasteiger partial charge in [-0.3, -0.25) is 9.69 Å². The predicted octanol–water partition coefficient (Wildman–Crippen LogP) is 0.944.